The molecule has 0 spiro atoms. The van der Waals surface area contributed by atoms with Gasteiger partial charge in [0.15, 0.2) is 0 Å². The van der Waals surface area contributed by atoms with Gasteiger partial charge in [0.25, 0.3) is 0 Å². The van der Waals surface area contributed by atoms with Crippen LogP contribution in [0.1, 0.15) is 52.9 Å². The molecule has 0 saturated heterocycles. The summed E-state index contributed by atoms with van der Waals surface area (Å²) in [5, 5.41) is 0. The third-order valence-electron chi connectivity index (χ3n) is 3.08. The minimum Gasteiger partial charge on any atom is -0.465 e. The van der Waals surface area contributed by atoms with Crippen LogP contribution in [-0.4, -0.2) is 12.6 Å². The zero-order chi connectivity index (χ0) is 13.4. The van der Waals surface area contributed by atoms with E-state index in [9.17, 15) is 4.79 Å². The number of carbonyl (C=O) groups is 1. The minimum atomic E-state index is 0.00000617. The van der Waals surface area contributed by atoms with Gasteiger partial charge in [0.2, 0.25) is 0 Å². The van der Waals surface area contributed by atoms with Gasteiger partial charge < -0.3 is 4.74 Å². The van der Waals surface area contributed by atoms with Crippen LogP contribution in [0.3, 0.4) is 0 Å². The molecule has 102 valence electrons. The number of hydrogen-bond acceptors (Lipinski definition) is 2. The van der Waals surface area contributed by atoms with Crippen LogP contribution in [-0.2, 0) is 9.53 Å². The average Bonchev–Trinajstić information content (AvgIpc) is 3.11. The van der Waals surface area contributed by atoms with Crippen LogP contribution < -0.4 is 0 Å². The van der Waals surface area contributed by atoms with E-state index in [4.69, 9.17) is 4.74 Å². The van der Waals surface area contributed by atoms with Crippen LogP contribution >= 0.6 is 0 Å². The second-order valence-electron chi connectivity index (χ2n) is 5.49. The molecule has 1 rings (SSSR count). The summed E-state index contributed by atoms with van der Waals surface area (Å²) < 4.78 is 5.16. The average molecular weight is 250 g/mol. The van der Waals surface area contributed by atoms with Crippen LogP contribution in [0.4, 0.5) is 0 Å². The van der Waals surface area contributed by atoms with Crippen molar-refractivity contribution >= 4 is 5.97 Å². The van der Waals surface area contributed by atoms with Gasteiger partial charge in [-0.15, -0.1) is 0 Å². The van der Waals surface area contributed by atoms with Crippen LogP contribution in [0.5, 0.6) is 0 Å². The molecular weight excluding hydrogens is 224 g/mol. The Kier molecular flexibility index (Phi) is 6.77. The second kappa shape index (κ2) is 8.12. The quantitative estimate of drug-likeness (QED) is 0.365. The number of rotatable bonds is 8. The van der Waals surface area contributed by atoms with E-state index < -0.39 is 0 Å². The molecule has 1 atom stereocenters. The van der Waals surface area contributed by atoms with E-state index in [1.54, 1.807) is 0 Å². The van der Waals surface area contributed by atoms with Crippen molar-refractivity contribution in [3.63, 3.8) is 0 Å². The molecule has 1 unspecified atom stereocenters. The van der Waals surface area contributed by atoms with E-state index >= 15 is 0 Å². The zero-order valence-corrected chi connectivity index (χ0v) is 11.9. The monoisotopic (exact) mass is 250 g/mol. The fourth-order valence-electron chi connectivity index (χ4n) is 1.72. The van der Waals surface area contributed by atoms with Crippen LogP contribution in [0, 0.1) is 11.8 Å². The molecule has 1 saturated carbocycles. The largest absolute Gasteiger partial charge is 0.465 e. The Morgan fingerprint density at radius 3 is 2.67 bits per heavy atom. The number of hydrogen-bond donors (Lipinski definition) is 0. The lowest BCUT2D eigenvalue weighted by molar-refractivity contribution is -0.145. The normalized spacial score (nSPS) is 16.6. The van der Waals surface area contributed by atoms with Gasteiger partial charge in [0.1, 0.15) is 0 Å². The number of carbonyl (C=O) groups excluding carboxylic acids is 1. The Hall–Kier alpha value is -1.05. The van der Waals surface area contributed by atoms with Crippen molar-refractivity contribution in [2.24, 2.45) is 11.8 Å². The molecule has 2 nitrogen and oxygen atoms in total. The van der Waals surface area contributed by atoms with Gasteiger partial charge in [0, 0.05) is 0 Å². The Morgan fingerprint density at radius 1 is 1.33 bits per heavy atom. The molecule has 0 heterocycles. The number of ether oxygens (including phenoxy) is 1. The molecule has 1 fully saturated rings. The molecule has 0 radical (unpaired) electrons. The van der Waals surface area contributed by atoms with E-state index in [2.05, 4.69) is 39.0 Å². The molecule has 0 aliphatic heterocycles. The maximum Gasteiger partial charge on any atom is 0.308 e. The second-order valence-corrected chi connectivity index (χ2v) is 5.49. The summed E-state index contributed by atoms with van der Waals surface area (Å²) in [6, 6.07) is 0. The summed E-state index contributed by atoms with van der Waals surface area (Å²) in [5.41, 5.74) is 1.39. The highest BCUT2D eigenvalue weighted by Gasteiger charge is 2.30. The Bertz CT molecular complexity index is 307. The van der Waals surface area contributed by atoms with Gasteiger partial charge in [-0.25, -0.2) is 0 Å². The first-order chi connectivity index (χ1) is 8.59. The summed E-state index contributed by atoms with van der Waals surface area (Å²) in [5.74, 6) is 0.816. The standard InChI is InChI=1S/C16H26O2/c1-13(2)7-6-9-14(3)8-4-5-12-18-16(17)15-10-11-15/h4,7-8,14-15H,5-6,9-12H2,1-3H3/b8-4+. The molecule has 1 aliphatic rings. The van der Waals surface area contributed by atoms with Gasteiger partial charge in [-0.3, -0.25) is 4.79 Å². The predicted molar refractivity (Wildman–Crippen MR) is 75.3 cm³/mol. The lowest BCUT2D eigenvalue weighted by Crippen LogP contribution is -2.06. The topological polar surface area (TPSA) is 26.3 Å². The summed E-state index contributed by atoms with van der Waals surface area (Å²) >= 11 is 0. The first-order valence-corrected chi connectivity index (χ1v) is 7.06. The van der Waals surface area contributed by atoms with E-state index in [-0.39, 0.29) is 11.9 Å². The van der Waals surface area contributed by atoms with Crippen molar-refractivity contribution in [2.45, 2.75) is 52.9 Å². The van der Waals surface area contributed by atoms with Crippen LogP contribution in [0.2, 0.25) is 0 Å². The Balaban J connectivity index is 2.00. The molecule has 18 heavy (non-hydrogen) atoms. The Morgan fingerprint density at radius 2 is 2.06 bits per heavy atom. The predicted octanol–water partition coefficient (Wildman–Crippen LogP) is 4.27. The van der Waals surface area contributed by atoms with E-state index in [0.29, 0.717) is 12.5 Å². The first kappa shape index (κ1) is 15.0. The lowest BCUT2D eigenvalue weighted by Gasteiger charge is -2.04. The van der Waals surface area contributed by atoms with Crippen molar-refractivity contribution in [1.82, 2.24) is 0 Å². The van der Waals surface area contributed by atoms with Crippen molar-refractivity contribution < 1.29 is 9.53 Å². The third kappa shape index (κ3) is 7.31. The highest BCUT2D eigenvalue weighted by atomic mass is 16.5. The fraction of sp³-hybridized carbons (Fsp3) is 0.688. The van der Waals surface area contributed by atoms with Crippen LogP contribution in [0.25, 0.3) is 0 Å². The number of allylic oxidation sites excluding steroid dienone is 3. The van der Waals surface area contributed by atoms with Crippen molar-refractivity contribution in [1.29, 1.82) is 0 Å². The van der Waals surface area contributed by atoms with Gasteiger partial charge in [-0.1, -0.05) is 30.7 Å². The molecule has 0 aromatic heterocycles. The first-order valence-electron chi connectivity index (χ1n) is 7.06. The highest BCUT2D eigenvalue weighted by Crippen LogP contribution is 2.30. The highest BCUT2D eigenvalue weighted by molar-refractivity contribution is 5.74. The zero-order valence-electron chi connectivity index (χ0n) is 11.9. The molecule has 0 amide bonds. The third-order valence-corrected chi connectivity index (χ3v) is 3.08. The molecule has 0 aromatic carbocycles. The summed E-state index contributed by atoms with van der Waals surface area (Å²) in [6.45, 7) is 7.03. The maximum atomic E-state index is 11.3. The van der Waals surface area contributed by atoms with Gasteiger partial charge in [-0.05, 0) is 51.9 Å². The minimum absolute atomic E-state index is 0.00000617. The lowest BCUT2D eigenvalue weighted by atomic mass is 10.0. The maximum absolute atomic E-state index is 11.3. The van der Waals surface area contributed by atoms with Gasteiger partial charge in [0.05, 0.1) is 12.5 Å². The van der Waals surface area contributed by atoms with Crippen molar-refractivity contribution in [3.8, 4) is 0 Å². The van der Waals surface area contributed by atoms with E-state index in [1.165, 1.54) is 12.0 Å². The molecule has 0 aromatic rings. The van der Waals surface area contributed by atoms with Gasteiger partial charge >= 0.3 is 5.97 Å². The molecular formula is C16H26O2. The van der Waals surface area contributed by atoms with E-state index in [0.717, 1.165) is 25.7 Å². The molecule has 0 N–H and O–H groups in total. The molecule has 0 bridgehead atoms. The van der Waals surface area contributed by atoms with Crippen molar-refractivity contribution in [2.75, 3.05) is 6.61 Å². The van der Waals surface area contributed by atoms with Crippen LogP contribution in [0.15, 0.2) is 23.8 Å². The SMILES string of the molecule is CC(C)=CCCC(C)/C=C/CCOC(=O)C1CC1. The fourth-order valence-corrected chi connectivity index (χ4v) is 1.72. The summed E-state index contributed by atoms with van der Waals surface area (Å²) in [4.78, 5) is 11.3. The summed E-state index contributed by atoms with van der Waals surface area (Å²) in [6.07, 6.45) is 11.9. The molecule has 2 heteroatoms. The van der Waals surface area contributed by atoms with Gasteiger partial charge in [-0.2, -0.15) is 0 Å². The molecule has 1 aliphatic carbocycles. The Labute approximate surface area is 111 Å². The van der Waals surface area contributed by atoms with E-state index in [1.807, 2.05) is 0 Å². The van der Waals surface area contributed by atoms with Crippen molar-refractivity contribution in [3.05, 3.63) is 23.8 Å². The summed E-state index contributed by atoms with van der Waals surface area (Å²) in [7, 11) is 0. The number of esters is 1. The smallest absolute Gasteiger partial charge is 0.308 e.